The molecule has 7 heteroatoms. The van der Waals surface area contributed by atoms with Crippen molar-refractivity contribution in [3.8, 4) is 17.1 Å². The van der Waals surface area contributed by atoms with Crippen molar-refractivity contribution in [2.24, 2.45) is 5.92 Å². The molecule has 0 atom stereocenters. The maximum Gasteiger partial charge on any atom is 0.227 e. The number of amides is 1. The molecular formula is C19H16N6O. The van der Waals surface area contributed by atoms with Crippen molar-refractivity contribution in [1.82, 2.24) is 25.0 Å². The quantitative estimate of drug-likeness (QED) is 0.595. The van der Waals surface area contributed by atoms with Gasteiger partial charge in [0.25, 0.3) is 0 Å². The van der Waals surface area contributed by atoms with Crippen molar-refractivity contribution >= 4 is 22.5 Å². The van der Waals surface area contributed by atoms with Crippen LogP contribution in [0, 0.1) is 5.92 Å². The molecule has 1 fully saturated rings. The van der Waals surface area contributed by atoms with Crippen LogP contribution in [0.25, 0.3) is 28.0 Å². The maximum atomic E-state index is 12.0. The minimum Gasteiger partial charge on any atom is -0.326 e. The fraction of sp³-hybridized carbons (Fsp3) is 0.158. The monoisotopic (exact) mass is 344 g/mol. The van der Waals surface area contributed by atoms with Crippen molar-refractivity contribution in [1.29, 1.82) is 0 Å². The first kappa shape index (κ1) is 14.8. The van der Waals surface area contributed by atoms with Crippen molar-refractivity contribution in [3.05, 3.63) is 55.0 Å². The third kappa shape index (κ3) is 2.63. The van der Waals surface area contributed by atoms with Crippen LogP contribution in [-0.2, 0) is 4.79 Å². The number of nitrogens with one attached hydrogen (secondary N) is 2. The molecule has 0 saturated heterocycles. The van der Waals surface area contributed by atoms with E-state index in [2.05, 4.69) is 25.6 Å². The number of aromatic amines is 1. The van der Waals surface area contributed by atoms with E-state index in [4.69, 9.17) is 0 Å². The molecule has 0 aliphatic heterocycles. The topological polar surface area (TPSA) is 88.5 Å². The number of carbonyl (C=O) groups excluding carboxylic acids is 1. The van der Waals surface area contributed by atoms with Gasteiger partial charge in [-0.05, 0) is 49.2 Å². The van der Waals surface area contributed by atoms with Gasteiger partial charge in [-0.3, -0.25) is 9.89 Å². The van der Waals surface area contributed by atoms with E-state index in [9.17, 15) is 4.79 Å². The standard InChI is InChI=1S/C19H16N6O/c26-19(12-4-5-12)23-15-2-1-3-16(9-15)25-17-7-6-13(8-14(17)10-22-25)18-20-11-21-24-18/h1-3,6-12H,4-5H2,(H,23,26)(H,20,21,24). The van der Waals surface area contributed by atoms with Crippen LogP contribution in [0.2, 0.25) is 0 Å². The number of H-pyrrole nitrogens is 1. The van der Waals surface area contributed by atoms with Gasteiger partial charge in [-0.15, -0.1) is 0 Å². The second-order valence-corrected chi connectivity index (χ2v) is 6.48. The van der Waals surface area contributed by atoms with E-state index in [1.54, 1.807) is 0 Å². The largest absolute Gasteiger partial charge is 0.326 e. The Morgan fingerprint density at radius 1 is 1.19 bits per heavy atom. The molecule has 0 radical (unpaired) electrons. The SMILES string of the molecule is O=C(Nc1cccc(-n2ncc3cc(-c4ncn[nH]4)ccc32)c1)C1CC1. The highest BCUT2D eigenvalue weighted by Crippen LogP contribution is 2.30. The van der Waals surface area contributed by atoms with E-state index in [1.165, 1.54) is 6.33 Å². The summed E-state index contributed by atoms with van der Waals surface area (Å²) in [5, 5.41) is 15.3. The second kappa shape index (κ2) is 5.80. The van der Waals surface area contributed by atoms with E-state index in [1.807, 2.05) is 53.3 Å². The Morgan fingerprint density at radius 3 is 2.92 bits per heavy atom. The van der Waals surface area contributed by atoms with Gasteiger partial charge in [0.15, 0.2) is 5.82 Å². The third-order valence-corrected chi connectivity index (χ3v) is 4.56. The molecule has 2 N–H and O–H groups in total. The molecule has 4 aromatic rings. The normalized spacial score (nSPS) is 13.8. The maximum absolute atomic E-state index is 12.0. The first-order chi connectivity index (χ1) is 12.8. The molecule has 0 bridgehead atoms. The number of carbonyl (C=O) groups is 1. The second-order valence-electron chi connectivity index (χ2n) is 6.48. The van der Waals surface area contributed by atoms with Gasteiger partial charge in [-0.2, -0.15) is 10.2 Å². The zero-order valence-electron chi connectivity index (χ0n) is 13.9. The number of anilines is 1. The Morgan fingerprint density at radius 2 is 2.12 bits per heavy atom. The van der Waals surface area contributed by atoms with E-state index >= 15 is 0 Å². The van der Waals surface area contributed by atoms with Gasteiger partial charge >= 0.3 is 0 Å². The highest BCUT2D eigenvalue weighted by atomic mass is 16.2. The summed E-state index contributed by atoms with van der Waals surface area (Å²) in [4.78, 5) is 16.2. The minimum absolute atomic E-state index is 0.101. The molecule has 0 unspecified atom stereocenters. The van der Waals surface area contributed by atoms with E-state index in [0.29, 0.717) is 0 Å². The highest BCUT2D eigenvalue weighted by Gasteiger charge is 2.29. The highest BCUT2D eigenvalue weighted by molar-refractivity contribution is 5.94. The minimum atomic E-state index is 0.101. The summed E-state index contributed by atoms with van der Waals surface area (Å²) in [7, 11) is 0. The van der Waals surface area contributed by atoms with Gasteiger partial charge in [-0.25, -0.2) is 9.67 Å². The van der Waals surface area contributed by atoms with Crippen LogP contribution >= 0.6 is 0 Å². The molecular weight excluding hydrogens is 328 g/mol. The molecule has 7 nitrogen and oxygen atoms in total. The third-order valence-electron chi connectivity index (χ3n) is 4.56. The Balaban J connectivity index is 1.49. The molecule has 0 spiro atoms. The fourth-order valence-electron chi connectivity index (χ4n) is 3.04. The van der Waals surface area contributed by atoms with Crippen molar-refractivity contribution in [2.75, 3.05) is 5.32 Å². The first-order valence-electron chi connectivity index (χ1n) is 8.53. The molecule has 128 valence electrons. The predicted octanol–water partition coefficient (Wildman–Crippen LogP) is 3.16. The first-order valence-corrected chi connectivity index (χ1v) is 8.53. The molecule has 2 heterocycles. The molecule has 1 aliphatic rings. The van der Waals surface area contributed by atoms with Crippen LogP contribution in [0.4, 0.5) is 5.69 Å². The molecule has 1 saturated carbocycles. The lowest BCUT2D eigenvalue weighted by Gasteiger charge is -2.08. The van der Waals surface area contributed by atoms with E-state index in [0.717, 1.165) is 46.5 Å². The Kier molecular flexibility index (Phi) is 3.31. The summed E-state index contributed by atoms with van der Waals surface area (Å²) in [6, 6.07) is 13.8. The molecule has 1 aliphatic carbocycles. The smallest absolute Gasteiger partial charge is 0.227 e. The fourth-order valence-corrected chi connectivity index (χ4v) is 3.04. The van der Waals surface area contributed by atoms with Gasteiger partial charge in [0, 0.05) is 22.6 Å². The Labute approximate surface area is 149 Å². The summed E-state index contributed by atoms with van der Waals surface area (Å²) in [6.45, 7) is 0. The summed E-state index contributed by atoms with van der Waals surface area (Å²) in [6.07, 6.45) is 5.29. The van der Waals surface area contributed by atoms with Gasteiger partial charge < -0.3 is 5.32 Å². The number of hydrogen-bond donors (Lipinski definition) is 2. The van der Waals surface area contributed by atoms with Crippen LogP contribution in [0.3, 0.4) is 0 Å². The molecule has 5 rings (SSSR count). The van der Waals surface area contributed by atoms with E-state index in [-0.39, 0.29) is 11.8 Å². The van der Waals surface area contributed by atoms with Crippen molar-refractivity contribution in [3.63, 3.8) is 0 Å². The molecule has 2 aromatic heterocycles. The lowest BCUT2D eigenvalue weighted by Crippen LogP contribution is -2.13. The molecule has 26 heavy (non-hydrogen) atoms. The number of benzene rings is 2. The lowest BCUT2D eigenvalue weighted by molar-refractivity contribution is -0.117. The summed E-state index contributed by atoms with van der Waals surface area (Å²) in [5.41, 5.74) is 3.64. The van der Waals surface area contributed by atoms with Crippen LogP contribution in [0.1, 0.15) is 12.8 Å². The number of fused-ring (bicyclic) bond motifs is 1. The molecule has 2 aromatic carbocycles. The number of hydrogen-bond acceptors (Lipinski definition) is 4. The average Bonchev–Trinajstić information content (AvgIpc) is 3.21. The van der Waals surface area contributed by atoms with Crippen LogP contribution in [-0.4, -0.2) is 30.9 Å². The Bertz CT molecular complexity index is 1090. The van der Waals surface area contributed by atoms with Crippen LogP contribution in [0.5, 0.6) is 0 Å². The van der Waals surface area contributed by atoms with Gasteiger partial charge in [0.2, 0.25) is 5.91 Å². The zero-order chi connectivity index (χ0) is 17.5. The summed E-state index contributed by atoms with van der Waals surface area (Å²) < 4.78 is 1.87. The van der Waals surface area contributed by atoms with Gasteiger partial charge in [-0.1, -0.05) is 6.07 Å². The van der Waals surface area contributed by atoms with Crippen molar-refractivity contribution < 1.29 is 4.79 Å². The zero-order valence-corrected chi connectivity index (χ0v) is 13.9. The summed E-state index contributed by atoms with van der Waals surface area (Å²) >= 11 is 0. The van der Waals surface area contributed by atoms with E-state index < -0.39 is 0 Å². The molecule has 1 amide bonds. The van der Waals surface area contributed by atoms with Crippen LogP contribution in [0.15, 0.2) is 55.0 Å². The summed E-state index contributed by atoms with van der Waals surface area (Å²) in [5.74, 6) is 1.01. The lowest BCUT2D eigenvalue weighted by atomic mass is 10.1. The number of aromatic nitrogens is 5. The van der Waals surface area contributed by atoms with Gasteiger partial charge in [0.1, 0.15) is 6.33 Å². The van der Waals surface area contributed by atoms with Crippen LogP contribution < -0.4 is 5.32 Å². The number of nitrogens with zero attached hydrogens (tertiary/aromatic N) is 4. The number of rotatable bonds is 4. The Hall–Kier alpha value is -3.48. The van der Waals surface area contributed by atoms with Gasteiger partial charge in [0.05, 0.1) is 17.4 Å². The average molecular weight is 344 g/mol. The predicted molar refractivity (Wildman–Crippen MR) is 97.8 cm³/mol. The van der Waals surface area contributed by atoms with Crippen molar-refractivity contribution in [2.45, 2.75) is 12.8 Å².